The molecule has 3 fully saturated rings. The second-order valence-corrected chi connectivity index (χ2v) is 6.97. The third-order valence-electron chi connectivity index (χ3n) is 5.14. The van der Waals surface area contributed by atoms with Gasteiger partial charge in [-0.2, -0.15) is 0 Å². The Hall–Kier alpha value is -2.83. The van der Waals surface area contributed by atoms with Gasteiger partial charge in [-0.1, -0.05) is 6.07 Å². The Bertz CT molecular complexity index is 808. The Labute approximate surface area is 152 Å². The summed E-state index contributed by atoms with van der Waals surface area (Å²) in [6, 6.07) is 5.74. The van der Waals surface area contributed by atoms with Gasteiger partial charge in [0.05, 0.1) is 30.0 Å². The van der Waals surface area contributed by atoms with Gasteiger partial charge < -0.3 is 9.80 Å². The predicted octanol–water partition coefficient (Wildman–Crippen LogP) is 1.44. The van der Waals surface area contributed by atoms with Crippen LogP contribution in [0.1, 0.15) is 34.7 Å². The third-order valence-corrected chi connectivity index (χ3v) is 5.14. The van der Waals surface area contributed by atoms with Gasteiger partial charge in [-0.05, 0) is 31.9 Å². The molecule has 0 spiro atoms. The molecule has 2 aromatic rings. The highest BCUT2D eigenvalue weighted by Crippen LogP contribution is 2.30. The molecule has 7 nitrogen and oxygen atoms in total. The molecular formula is C19H21N5O2. The van der Waals surface area contributed by atoms with Gasteiger partial charge in [-0.25, -0.2) is 4.98 Å². The van der Waals surface area contributed by atoms with Crippen molar-refractivity contribution in [2.45, 2.75) is 32.4 Å². The average molecular weight is 351 g/mol. The van der Waals surface area contributed by atoms with Gasteiger partial charge >= 0.3 is 0 Å². The lowest BCUT2D eigenvalue weighted by molar-refractivity contribution is -0.140. The van der Waals surface area contributed by atoms with Crippen molar-refractivity contribution >= 4 is 11.8 Å². The average Bonchev–Trinajstić information content (AvgIpc) is 2.95. The van der Waals surface area contributed by atoms with Gasteiger partial charge in [-0.3, -0.25) is 19.6 Å². The summed E-state index contributed by atoms with van der Waals surface area (Å²) in [5, 5.41) is 0. The number of piperidine rings is 1. The van der Waals surface area contributed by atoms with Crippen LogP contribution >= 0.6 is 0 Å². The fourth-order valence-corrected chi connectivity index (χ4v) is 3.75. The molecule has 134 valence electrons. The molecule has 0 aromatic carbocycles. The van der Waals surface area contributed by atoms with Gasteiger partial charge in [0.15, 0.2) is 0 Å². The molecule has 2 bridgehead atoms. The number of carbonyl (C=O) groups is 2. The van der Waals surface area contributed by atoms with E-state index in [4.69, 9.17) is 0 Å². The summed E-state index contributed by atoms with van der Waals surface area (Å²) in [6.07, 6.45) is 6.58. The summed E-state index contributed by atoms with van der Waals surface area (Å²) in [7, 11) is 0. The Balaban J connectivity index is 1.54. The molecule has 0 radical (unpaired) electrons. The molecule has 5 rings (SSSR count). The van der Waals surface area contributed by atoms with Crippen LogP contribution in [0.4, 0.5) is 0 Å². The van der Waals surface area contributed by atoms with E-state index in [1.54, 1.807) is 17.3 Å². The van der Waals surface area contributed by atoms with E-state index in [2.05, 4.69) is 15.0 Å². The molecule has 2 aromatic heterocycles. The van der Waals surface area contributed by atoms with E-state index in [0.717, 1.165) is 24.2 Å². The number of rotatable bonds is 3. The van der Waals surface area contributed by atoms with Crippen molar-refractivity contribution in [1.29, 1.82) is 0 Å². The number of nitrogens with zero attached hydrogens (tertiary/aromatic N) is 5. The van der Waals surface area contributed by atoms with Gasteiger partial charge in [0.25, 0.3) is 5.91 Å². The summed E-state index contributed by atoms with van der Waals surface area (Å²) >= 11 is 0. The van der Waals surface area contributed by atoms with Crippen LogP contribution in [0, 0.1) is 12.8 Å². The van der Waals surface area contributed by atoms with E-state index >= 15 is 0 Å². The van der Waals surface area contributed by atoms with Gasteiger partial charge in [0.1, 0.15) is 5.69 Å². The summed E-state index contributed by atoms with van der Waals surface area (Å²) in [5.74, 6) is -0.182. The van der Waals surface area contributed by atoms with E-state index in [-0.39, 0.29) is 23.8 Å². The molecular weight excluding hydrogens is 330 g/mol. The maximum atomic E-state index is 12.9. The summed E-state index contributed by atoms with van der Waals surface area (Å²) in [4.78, 5) is 42.1. The van der Waals surface area contributed by atoms with Crippen LogP contribution in [0.3, 0.4) is 0 Å². The third kappa shape index (κ3) is 3.16. The molecule has 3 aliphatic heterocycles. The van der Waals surface area contributed by atoms with Gasteiger partial charge in [-0.15, -0.1) is 0 Å². The van der Waals surface area contributed by atoms with Gasteiger partial charge in [0, 0.05) is 31.5 Å². The first-order valence-electron chi connectivity index (χ1n) is 8.90. The first kappa shape index (κ1) is 16.6. The van der Waals surface area contributed by atoms with Crippen LogP contribution in [0.2, 0.25) is 0 Å². The van der Waals surface area contributed by atoms with E-state index in [9.17, 15) is 9.59 Å². The molecule has 0 unspecified atom stereocenters. The lowest BCUT2D eigenvalue weighted by atomic mass is 9.94. The molecule has 7 heteroatoms. The van der Waals surface area contributed by atoms with Crippen LogP contribution in [-0.2, 0) is 11.3 Å². The number of hydrogen-bond donors (Lipinski definition) is 0. The topological polar surface area (TPSA) is 79.3 Å². The normalized spacial score (nSPS) is 22.4. The number of fused-ring (bicyclic) bond motifs is 4. The van der Waals surface area contributed by atoms with Gasteiger partial charge in [0.2, 0.25) is 5.91 Å². The standard InChI is InChI=1S/C19H21N5O2/c1-13-8-22-17(9-21-13)19(26)23-10-14-5-6-16(12-23)24(18(14)25)11-15-4-2-3-7-20-15/h2-4,7-9,14,16H,5-6,10-12H2,1H3/t14-,16+/m0/s1. The minimum absolute atomic E-state index is 0.0191. The maximum absolute atomic E-state index is 12.9. The van der Waals surface area contributed by atoms with Crippen LogP contribution in [0.5, 0.6) is 0 Å². The molecule has 0 aliphatic carbocycles. The summed E-state index contributed by atoms with van der Waals surface area (Å²) in [6.45, 7) is 3.31. The molecule has 2 atom stereocenters. The largest absolute Gasteiger partial charge is 0.334 e. The van der Waals surface area contributed by atoms with Crippen LogP contribution in [0.25, 0.3) is 0 Å². The first-order valence-corrected chi connectivity index (χ1v) is 8.90. The monoisotopic (exact) mass is 351 g/mol. The molecule has 3 aliphatic rings. The quantitative estimate of drug-likeness (QED) is 0.836. The number of amides is 2. The predicted molar refractivity (Wildman–Crippen MR) is 94.0 cm³/mol. The van der Waals surface area contributed by atoms with Crippen molar-refractivity contribution in [3.8, 4) is 0 Å². The SMILES string of the molecule is Cc1cnc(C(=O)N2C[C@@H]3CC[C@H](C2)N(Cc2ccccn2)C3=O)cn1. The number of hydrogen-bond acceptors (Lipinski definition) is 5. The Kier molecular flexibility index (Phi) is 4.36. The Morgan fingerprint density at radius 3 is 2.77 bits per heavy atom. The van der Waals surface area contributed by atoms with Crippen LogP contribution in [-0.4, -0.2) is 55.7 Å². The van der Waals surface area contributed by atoms with E-state index in [1.807, 2.05) is 30.0 Å². The molecule has 2 amide bonds. The van der Waals surface area contributed by atoms with Crippen molar-refractivity contribution in [3.63, 3.8) is 0 Å². The van der Waals surface area contributed by atoms with E-state index < -0.39 is 0 Å². The van der Waals surface area contributed by atoms with E-state index in [1.165, 1.54) is 6.20 Å². The molecule has 5 heterocycles. The highest BCUT2D eigenvalue weighted by molar-refractivity contribution is 5.93. The van der Waals surface area contributed by atoms with Crippen LogP contribution < -0.4 is 0 Å². The molecule has 26 heavy (non-hydrogen) atoms. The van der Waals surface area contributed by atoms with Crippen molar-refractivity contribution in [2.24, 2.45) is 5.92 Å². The summed E-state index contributed by atoms with van der Waals surface area (Å²) in [5.41, 5.74) is 1.98. The Morgan fingerprint density at radius 2 is 2.04 bits per heavy atom. The number of carbonyl (C=O) groups excluding carboxylic acids is 2. The lowest BCUT2D eigenvalue weighted by Gasteiger charge is -2.35. The number of aromatic nitrogens is 3. The second kappa shape index (κ2) is 6.82. The highest BCUT2D eigenvalue weighted by Gasteiger charge is 2.42. The lowest BCUT2D eigenvalue weighted by Crippen LogP contribution is -2.47. The van der Waals surface area contributed by atoms with Crippen molar-refractivity contribution in [3.05, 3.63) is 53.9 Å². The Morgan fingerprint density at radius 1 is 1.15 bits per heavy atom. The second-order valence-electron chi connectivity index (χ2n) is 6.97. The molecule has 3 saturated heterocycles. The first-order chi connectivity index (χ1) is 12.6. The zero-order valence-electron chi connectivity index (χ0n) is 14.7. The summed E-state index contributed by atoms with van der Waals surface area (Å²) < 4.78 is 0. The minimum Gasteiger partial charge on any atom is -0.334 e. The fraction of sp³-hybridized carbons (Fsp3) is 0.421. The number of aryl methyl sites for hydroxylation is 1. The van der Waals surface area contributed by atoms with Crippen molar-refractivity contribution in [1.82, 2.24) is 24.8 Å². The maximum Gasteiger partial charge on any atom is 0.274 e. The van der Waals surface area contributed by atoms with Crippen LogP contribution in [0.15, 0.2) is 36.8 Å². The fourth-order valence-electron chi connectivity index (χ4n) is 3.75. The van der Waals surface area contributed by atoms with E-state index in [0.29, 0.717) is 25.3 Å². The zero-order chi connectivity index (χ0) is 18.1. The van der Waals surface area contributed by atoms with Crippen molar-refractivity contribution in [2.75, 3.05) is 13.1 Å². The van der Waals surface area contributed by atoms with Crippen molar-refractivity contribution < 1.29 is 9.59 Å². The molecule has 0 N–H and O–H groups in total. The minimum atomic E-state index is -0.153. The highest BCUT2D eigenvalue weighted by atomic mass is 16.2. The zero-order valence-corrected chi connectivity index (χ0v) is 14.7. The number of pyridine rings is 1. The smallest absolute Gasteiger partial charge is 0.274 e. The molecule has 0 saturated carbocycles.